The van der Waals surface area contributed by atoms with Gasteiger partial charge in [0, 0.05) is 16.8 Å². The molecule has 0 unspecified atom stereocenters. The number of carbonyl (C=O) groups is 1. The fourth-order valence-corrected chi connectivity index (χ4v) is 3.42. The molecule has 3 aromatic rings. The van der Waals surface area contributed by atoms with Crippen molar-refractivity contribution < 1.29 is 14.3 Å². The van der Waals surface area contributed by atoms with Gasteiger partial charge in [0.1, 0.15) is 17.3 Å². The van der Waals surface area contributed by atoms with Crippen LogP contribution >= 0.6 is 23.4 Å². The summed E-state index contributed by atoms with van der Waals surface area (Å²) in [6.45, 7) is 4.33. The number of aromatic nitrogens is 2. The number of nitrogens with two attached hydrogens (primary N) is 1. The second-order valence-electron chi connectivity index (χ2n) is 6.20. The zero-order chi connectivity index (χ0) is 21.5. The van der Waals surface area contributed by atoms with Crippen LogP contribution in [0.4, 0.5) is 11.5 Å². The third kappa shape index (κ3) is 6.27. The summed E-state index contributed by atoms with van der Waals surface area (Å²) in [7, 11) is 0. The summed E-state index contributed by atoms with van der Waals surface area (Å²) in [5, 5.41) is 3.74. The Bertz CT molecular complexity index is 1010. The van der Waals surface area contributed by atoms with Crippen LogP contribution in [0.5, 0.6) is 17.2 Å². The smallest absolute Gasteiger partial charge is 0.234 e. The standard InChI is InChI=1S/C21H21ClN4O3S/c1-3-28-15-5-7-16(8-6-15)29-18-9-4-14(22)11-17(18)25-20(27)12-30-21-24-13(2)10-19(23)26-21/h4-11H,3,12H2,1-2H3,(H,25,27)(H2,23,24,26). The number of hydrogen-bond acceptors (Lipinski definition) is 7. The highest BCUT2D eigenvalue weighted by Gasteiger charge is 2.12. The molecule has 0 radical (unpaired) electrons. The van der Waals surface area contributed by atoms with Gasteiger partial charge in [0.2, 0.25) is 5.91 Å². The van der Waals surface area contributed by atoms with Gasteiger partial charge in [-0.05, 0) is 56.3 Å². The number of ether oxygens (including phenoxy) is 2. The van der Waals surface area contributed by atoms with E-state index in [2.05, 4.69) is 15.3 Å². The normalized spacial score (nSPS) is 10.5. The quantitative estimate of drug-likeness (QED) is 0.374. The molecule has 2 aromatic carbocycles. The summed E-state index contributed by atoms with van der Waals surface area (Å²) < 4.78 is 11.3. The maximum Gasteiger partial charge on any atom is 0.234 e. The molecule has 3 rings (SSSR count). The van der Waals surface area contributed by atoms with Crippen molar-refractivity contribution in [3.63, 3.8) is 0 Å². The van der Waals surface area contributed by atoms with Crippen LogP contribution in [-0.4, -0.2) is 28.2 Å². The molecule has 30 heavy (non-hydrogen) atoms. The summed E-state index contributed by atoms with van der Waals surface area (Å²) in [5.41, 5.74) is 6.93. The van der Waals surface area contributed by atoms with Crippen molar-refractivity contribution in [2.45, 2.75) is 19.0 Å². The molecule has 0 atom stereocenters. The Hall–Kier alpha value is -2.97. The summed E-state index contributed by atoms with van der Waals surface area (Å²) in [6, 6.07) is 13.9. The van der Waals surface area contributed by atoms with Gasteiger partial charge < -0.3 is 20.5 Å². The van der Waals surface area contributed by atoms with Crippen molar-refractivity contribution >= 4 is 40.8 Å². The third-order valence-corrected chi connectivity index (χ3v) is 4.85. The van der Waals surface area contributed by atoms with E-state index in [1.807, 2.05) is 26.0 Å². The minimum Gasteiger partial charge on any atom is -0.494 e. The minimum atomic E-state index is -0.248. The molecule has 0 bridgehead atoms. The largest absolute Gasteiger partial charge is 0.494 e. The lowest BCUT2D eigenvalue weighted by atomic mass is 10.2. The first-order valence-electron chi connectivity index (χ1n) is 9.17. The van der Waals surface area contributed by atoms with Crippen LogP contribution in [0.25, 0.3) is 0 Å². The van der Waals surface area contributed by atoms with Crippen molar-refractivity contribution in [2.24, 2.45) is 0 Å². The van der Waals surface area contributed by atoms with Crippen molar-refractivity contribution in [2.75, 3.05) is 23.4 Å². The average molecular weight is 445 g/mol. The first kappa shape index (κ1) is 21.7. The molecule has 0 aliphatic carbocycles. The molecule has 0 spiro atoms. The van der Waals surface area contributed by atoms with Crippen LogP contribution in [0.15, 0.2) is 53.7 Å². The molecule has 1 aromatic heterocycles. The van der Waals surface area contributed by atoms with Gasteiger partial charge in [0.05, 0.1) is 18.0 Å². The van der Waals surface area contributed by atoms with Crippen LogP contribution in [0.3, 0.4) is 0 Å². The summed E-state index contributed by atoms with van der Waals surface area (Å²) in [4.78, 5) is 20.8. The fourth-order valence-electron chi connectivity index (χ4n) is 2.53. The number of thioether (sulfide) groups is 1. The average Bonchev–Trinajstić information content (AvgIpc) is 2.69. The molecule has 0 aliphatic heterocycles. The highest BCUT2D eigenvalue weighted by atomic mass is 35.5. The zero-order valence-corrected chi connectivity index (χ0v) is 18.1. The Kier molecular flexibility index (Phi) is 7.37. The van der Waals surface area contributed by atoms with E-state index in [9.17, 15) is 4.79 Å². The van der Waals surface area contributed by atoms with Crippen molar-refractivity contribution in [3.05, 3.63) is 59.2 Å². The first-order chi connectivity index (χ1) is 14.4. The summed E-state index contributed by atoms with van der Waals surface area (Å²) in [5.74, 6) is 2.06. The minimum absolute atomic E-state index is 0.109. The number of rotatable bonds is 8. The van der Waals surface area contributed by atoms with Crippen LogP contribution in [0.2, 0.25) is 5.02 Å². The van der Waals surface area contributed by atoms with Gasteiger partial charge >= 0.3 is 0 Å². The van der Waals surface area contributed by atoms with E-state index in [4.69, 9.17) is 26.8 Å². The molecule has 0 saturated carbocycles. The first-order valence-corrected chi connectivity index (χ1v) is 10.5. The second kappa shape index (κ2) is 10.2. The number of nitrogen functional groups attached to an aromatic ring is 1. The molecule has 0 saturated heterocycles. The molecule has 7 nitrogen and oxygen atoms in total. The van der Waals surface area contributed by atoms with Gasteiger partial charge in [0.25, 0.3) is 0 Å². The number of carbonyl (C=O) groups excluding carboxylic acids is 1. The van der Waals surface area contributed by atoms with Gasteiger partial charge in [-0.1, -0.05) is 23.4 Å². The van der Waals surface area contributed by atoms with Crippen molar-refractivity contribution in [3.8, 4) is 17.2 Å². The van der Waals surface area contributed by atoms with Crippen LogP contribution in [0.1, 0.15) is 12.6 Å². The zero-order valence-electron chi connectivity index (χ0n) is 16.5. The number of benzene rings is 2. The van der Waals surface area contributed by atoms with Gasteiger partial charge in [0.15, 0.2) is 10.9 Å². The van der Waals surface area contributed by atoms with Crippen LogP contribution in [0, 0.1) is 6.92 Å². The number of aryl methyl sites for hydroxylation is 1. The molecule has 1 amide bonds. The Morgan fingerprint density at radius 3 is 2.57 bits per heavy atom. The van der Waals surface area contributed by atoms with Crippen molar-refractivity contribution in [1.82, 2.24) is 9.97 Å². The number of nitrogens with zero attached hydrogens (tertiary/aromatic N) is 2. The van der Waals surface area contributed by atoms with Gasteiger partial charge in [-0.25, -0.2) is 9.97 Å². The maximum absolute atomic E-state index is 12.5. The van der Waals surface area contributed by atoms with Gasteiger partial charge in [-0.15, -0.1) is 0 Å². The molecular formula is C21H21ClN4O3S. The molecule has 1 heterocycles. The number of amides is 1. The SMILES string of the molecule is CCOc1ccc(Oc2ccc(Cl)cc2NC(=O)CSc2nc(C)cc(N)n2)cc1. The van der Waals surface area contributed by atoms with E-state index >= 15 is 0 Å². The number of hydrogen-bond donors (Lipinski definition) is 2. The van der Waals surface area contributed by atoms with Gasteiger partial charge in [-0.2, -0.15) is 0 Å². The number of anilines is 2. The monoisotopic (exact) mass is 444 g/mol. The Labute approximate surface area is 184 Å². The highest BCUT2D eigenvalue weighted by Crippen LogP contribution is 2.33. The van der Waals surface area contributed by atoms with Crippen LogP contribution in [-0.2, 0) is 4.79 Å². The van der Waals surface area contributed by atoms with E-state index < -0.39 is 0 Å². The van der Waals surface area contributed by atoms with E-state index in [1.54, 1.807) is 36.4 Å². The lowest BCUT2D eigenvalue weighted by Crippen LogP contribution is -2.15. The molecular weight excluding hydrogens is 424 g/mol. The molecule has 9 heteroatoms. The van der Waals surface area contributed by atoms with Gasteiger partial charge in [-0.3, -0.25) is 4.79 Å². The predicted molar refractivity (Wildman–Crippen MR) is 120 cm³/mol. The summed E-state index contributed by atoms with van der Waals surface area (Å²) >= 11 is 7.30. The Morgan fingerprint density at radius 2 is 1.87 bits per heavy atom. The maximum atomic E-state index is 12.5. The second-order valence-corrected chi connectivity index (χ2v) is 7.58. The number of halogens is 1. The molecule has 0 fully saturated rings. The predicted octanol–water partition coefficient (Wildman–Crippen LogP) is 4.94. The third-order valence-electron chi connectivity index (χ3n) is 3.76. The lowest BCUT2D eigenvalue weighted by molar-refractivity contribution is -0.113. The topological polar surface area (TPSA) is 99.4 Å². The van der Waals surface area contributed by atoms with E-state index in [1.165, 1.54) is 11.8 Å². The van der Waals surface area contributed by atoms with E-state index in [0.717, 1.165) is 11.4 Å². The number of nitrogens with one attached hydrogen (secondary N) is 1. The Morgan fingerprint density at radius 1 is 1.13 bits per heavy atom. The van der Waals surface area contributed by atoms with Crippen LogP contribution < -0.4 is 20.5 Å². The molecule has 3 N–H and O–H groups in total. The van der Waals surface area contributed by atoms with E-state index in [-0.39, 0.29) is 11.7 Å². The molecule has 156 valence electrons. The van der Waals surface area contributed by atoms with E-state index in [0.29, 0.717) is 39.8 Å². The van der Waals surface area contributed by atoms with Crippen molar-refractivity contribution in [1.29, 1.82) is 0 Å². The fraction of sp³-hybridized carbons (Fsp3) is 0.190. The Balaban J connectivity index is 1.67. The highest BCUT2D eigenvalue weighted by molar-refractivity contribution is 7.99. The summed E-state index contributed by atoms with van der Waals surface area (Å²) in [6.07, 6.45) is 0. The lowest BCUT2D eigenvalue weighted by Gasteiger charge is -2.13. The molecule has 0 aliphatic rings.